The number of hydrogen-bond acceptors (Lipinski definition) is 5. The lowest BCUT2D eigenvalue weighted by molar-refractivity contribution is -0.154. The van der Waals surface area contributed by atoms with E-state index in [9.17, 15) is 4.79 Å². The van der Waals surface area contributed by atoms with Gasteiger partial charge in [-0.2, -0.15) is 0 Å². The molecule has 18 heavy (non-hydrogen) atoms. The number of nitrogens with one attached hydrogen (secondary N) is 1. The minimum absolute atomic E-state index is 0.147. The minimum Gasteiger partial charge on any atom is -0.460 e. The lowest BCUT2D eigenvalue weighted by Gasteiger charge is -2.19. The normalized spacial score (nSPS) is 11.6. The van der Waals surface area contributed by atoms with Crippen molar-refractivity contribution in [2.75, 3.05) is 12.8 Å². The molecule has 1 rings (SSSR count). The molecule has 5 heteroatoms. The Hall–Kier alpha value is -0.520. The summed E-state index contributed by atoms with van der Waals surface area (Å²) in [7, 11) is 0. The second-order valence-electron chi connectivity index (χ2n) is 4.94. The van der Waals surface area contributed by atoms with Crippen LogP contribution >= 0.6 is 23.1 Å². The van der Waals surface area contributed by atoms with Gasteiger partial charge in [-0.3, -0.25) is 4.79 Å². The first-order valence-electron chi connectivity index (χ1n) is 5.96. The fraction of sp³-hybridized carbons (Fsp3) is 0.615. The van der Waals surface area contributed by atoms with Gasteiger partial charge >= 0.3 is 5.97 Å². The number of carbonyl (C=O) groups is 1. The summed E-state index contributed by atoms with van der Waals surface area (Å²) in [6.45, 7) is 7.12. The van der Waals surface area contributed by atoms with Crippen molar-refractivity contribution < 1.29 is 9.53 Å². The van der Waals surface area contributed by atoms with E-state index >= 15 is 0 Å². The van der Waals surface area contributed by atoms with E-state index in [-0.39, 0.29) is 5.97 Å². The summed E-state index contributed by atoms with van der Waals surface area (Å²) < 4.78 is 6.55. The molecule has 0 aliphatic carbocycles. The van der Waals surface area contributed by atoms with E-state index in [1.165, 1.54) is 9.09 Å². The highest BCUT2D eigenvalue weighted by Gasteiger charge is 2.15. The van der Waals surface area contributed by atoms with Gasteiger partial charge in [0, 0.05) is 18.0 Å². The van der Waals surface area contributed by atoms with E-state index in [0.717, 1.165) is 6.54 Å². The number of thiophene rings is 1. The van der Waals surface area contributed by atoms with Crippen LogP contribution in [0.2, 0.25) is 0 Å². The van der Waals surface area contributed by atoms with Crippen LogP contribution in [0, 0.1) is 0 Å². The molecule has 0 saturated carbocycles. The Morgan fingerprint density at radius 2 is 2.17 bits per heavy atom. The Balaban J connectivity index is 2.17. The van der Waals surface area contributed by atoms with Crippen molar-refractivity contribution >= 4 is 29.1 Å². The lowest BCUT2D eigenvalue weighted by Crippen LogP contribution is -2.26. The molecular weight excluding hydrogens is 266 g/mol. The minimum atomic E-state index is -0.391. The van der Waals surface area contributed by atoms with Crippen LogP contribution in [0.3, 0.4) is 0 Å². The smallest absolute Gasteiger partial charge is 0.307 e. The number of thioether (sulfide) groups is 1. The molecule has 1 aromatic rings. The molecule has 102 valence electrons. The molecule has 0 aliphatic rings. The molecule has 0 spiro atoms. The quantitative estimate of drug-likeness (QED) is 0.495. The van der Waals surface area contributed by atoms with Crippen LogP contribution in [0.5, 0.6) is 0 Å². The van der Waals surface area contributed by atoms with Crippen molar-refractivity contribution in [3.63, 3.8) is 0 Å². The molecule has 0 fully saturated rings. The average molecular weight is 287 g/mol. The van der Waals surface area contributed by atoms with Crippen LogP contribution in [0.15, 0.2) is 16.3 Å². The number of esters is 1. The molecule has 0 amide bonds. The molecular formula is C13H21NO2S2. The summed E-state index contributed by atoms with van der Waals surface area (Å²) in [5.74, 6) is -0.147. The molecule has 0 bridgehead atoms. The lowest BCUT2D eigenvalue weighted by atomic mass is 10.2. The van der Waals surface area contributed by atoms with Crippen molar-refractivity contribution in [2.45, 2.75) is 43.5 Å². The molecule has 0 atom stereocenters. The molecule has 0 aliphatic heterocycles. The van der Waals surface area contributed by atoms with Gasteiger partial charge in [-0.25, -0.2) is 0 Å². The fourth-order valence-corrected chi connectivity index (χ4v) is 2.92. The third-order valence-electron chi connectivity index (χ3n) is 2.06. The van der Waals surface area contributed by atoms with E-state index in [2.05, 4.69) is 23.7 Å². The summed E-state index contributed by atoms with van der Waals surface area (Å²) in [6, 6.07) is 4.25. The standard InChI is InChI=1S/C13H21NO2S2/c1-13(2,3)16-11(15)7-8-14-9-10-5-6-12(17-4)18-10/h5-6,14H,7-9H2,1-4H3. The Labute approximate surface area is 117 Å². The van der Waals surface area contributed by atoms with Gasteiger partial charge in [-0.15, -0.1) is 23.1 Å². The average Bonchev–Trinajstić information content (AvgIpc) is 2.70. The van der Waals surface area contributed by atoms with Gasteiger partial charge < -0.3 is 10.1 Å². The second kappa shape index (κ2) is 7.16. The zero-order valence-electron chi connectivity index (χ0n) is 11.4. The predicted molar refractivity (Wildman–Crippen MR) is 78.3 cm³/mol. The maximum Gasteiger partial charge on any atom is 0.307 e. The highest BCUT2D eigenvalue weighted by Crippen LogP contribution is 2.24. The summed E-state index contributed by atoms with van der Waals surface area (Å²) >= 11 is 3.54. The SMILES string of the molecule is CSc1ccc(CNCCC(=O)OC(C)(C)C)s1. The molecule has 3 nitrogen and oxygen atoms in total. The first-order valence-corrected chi connectivity index (χ1v) is 8.00. The first kappa shape index (κ1) is 15.5. The fourth-order valence-electron chi connectivity index (χ4n) is 1.36. The zero-order chi connectivity index (χ0) is 13.6. The zero-order valence-corrected chi connectivity index (χ0v) is 13.0. The third kappa shape index (κ3) is 6.42. The van der Waals surface area contributed by atoms with Crippen molar-refractivity contribution in [3.8, 4) is 0 Å². The molecule has 1 heterocycles. The van der Waals surface area contributed by atoms with E-state index < -0.39 is 5.60 Å². The van der Waals surface area contributed by atoms with Crippen molar-refractivity contribution in [1.29, 1.82) is 0 Å². The summed E-state index contributed by atoms with van der Waals surface area (Å²) in [4.78, 5) is 12.8. The van der Waals surface area contributed by atoms with E-state index in [1.54, 1.807) is 23.1 Å². The van der Waals surface area contributed by atoms with Gasteiger partial charge in [-0.1, -0.05) is 0 Å². The van der Waals surface area contributed by atoms with E-state index in [0.29, 0.717) is 13.0 Å². The topological polar surface area (TPSA) is 38.3 Å². The molecule has 1 aromatic heterocycles. The second-order valence-corrected chi connectivity index (χ2v) is 7.21. The summed E-state index contributed by atoms with van der Waals surface area (Å²) in [6.07, 6.45) is 2.49. The molecule has 0 aromatic carbocycles. The van der Waals surface area contributed by atoms with Crippen LogP contribution in [-0.2, 0) is 16.1 Å². The Morgan fingerprint density at radius 3 is 2.72 bits per heavy atom. The molecule has 0 unspecified atom stereocenters. The van der Waals surface area contributed by atoms with Crippen molar-refractivity contribution in [1.82, 2.24) is 5.32 Å². The first-order chi connectivity index (χ1) is 8.40. The van der Waals surface area contributed by atoms with Crippen molar-refractivity contribution in [3.05, 3.63) is 17.0 Å². The van der Waals surface area contributed by atoms with Gasteiger partial charge in [-0.05, 0) is 39.2 Å². The van der Waals surface area contributed by atoms with E-state index in [1.807, 2.05) is 20.8 Å². The Morgan fingerprint density at radius 1 is 1.44 bits per heavy atom. The number of carbonyl (C=O) groups excluding carboxylic acids is 1. The van der Waals surface area contributed by atoms with Crippen LogP contribution in [0.4, 0.5) is 0 Å². The van der Waals surface area contributed by atoms with Crippen LogP contribution < -0.4 is 5.32 Å². The Kier molecular flexibility index (Phi) is 6.18. The Bertz CT molecular complexity index is 383. The van der Waals surface area contributed by atoms with Gasteiger partial charge in [0.05, 0.1) is 10.6 Å². The van der Waals surface area contributed by atoms with Gasteiger partial charge in [0.15, 0.2) is 0 Å². The summed E-state index contributed by atoms with van der Waals surface area (Å²) in [5.41, 5.74) is -0.391. The highest BCUT2D eigenvalue weighted by molar-refractivity contribution is 8.00. The monoisotopic (exact) mass is 287 g/mol. The van der Waals surface area contributed by atoms with Crippen LogP contribution in [0.25, 0.3) is 0 Å². The maximum atomic E-state index is 11.5. The van der Waals surface area contributed by atoms with Crippen molar-refractivity contribution in [2.24, 2.45) is 0 Å². The molecule has 1 N–H and O–H groups in total. The number of rotatable bonds is 6. The van der Waals surface area contributed by atoms with Gasteiger partial charge in [0.1, 0.15) is 5.60 Å². The summed E-state index contributed by atoms with van der Waals surface area (Å²) in [5, 5.41) is 3.26. The van der Waals surface area contributed by atoms with E-state index in [4.69, 9.17) is 4.74 Å². The number of ether oxygens (including phenoxy) is 1. The predicted octanol–water partition coefficient (Wildman–Crippen LogP) is 3.29. The van der Waals surface area contributed by atoms with Gasteiger partial charge in [0.25, 0.3) is 0 Å². The van der Waals surface area contributed by atoms with Crippen LogP contribution in [-0.4, -0.2) is 24.4 Å². The maximum absolute atomic E-state index is 11.5. The number of hydrogen-bond donors (Lipinski definition) is 1. The van der Waals surface area contributed by atoms with Gasteiger partial charge in [0.2, 0.25) is 0 Å². The largest absolute Gasteiger partial charge is 0.460 e. The molecule has 0 radical (unpaired) electrons. The van der Waals surface area contributed by atoms with Crippen LogP contribution in [0.1, 0.15) is 32.1 Å². The highest BCUT2D eigenvalue weighted by atomic mass is 32.2. The molecule has 0 saturated heterocycles. The third-order valence-corrected chi connectivity index (χ3v) is 4.23.